The Labute approximate surface area is 86.5 Å². The summed E-state index contributed by atoms with van der Waals surface area (Å²) in [7, 11) is 0. The van der Waals surface area contributed by atoms with Gasteiger partial charge in [-0.25, -0.2) is 0 Å². The zero-order chi connectivity index (χ0) is 10.4. The van der Waals surface area contributed by atoms with Crippen LogP contribution in [0.3, 0.4) is 0 Å². The summed E-state index contributed by atoms with van der Waals surface area (Å²) in [4.78, 5) is 0. The third-order valence-electron chi connectivity index (χ3n) is 2.33. The summed E-state index contributed by atoms with van der Waals surface area (Å²) in [6.45, 7) is 6.92. The minimum atomic E-state index is 0.372. The maximum atomic E-state index is 3.37. The lowest BCUT2D eigenvalue weighted by molar-refractivity contribution is 0.620. The third-order valence-corrected chi connectivity index (χ3v) is 2.33. The highest BCUT2D eigenvalue weighted by molar-refractivity contribution is 5.28. The van der Waals surface area contributed by atoms with Crippen LogP contribution in [0.5, 0.6) is 0 Å². The van der Waals surface area contributed by atoms with Gasteiger partial charge in [0, 0.05) is 6.04 Å². The molecule has 0 saturated heterocycles. The first-order valence-corrected chi connectivity index (χ1v) is 4.94. The predicted molar refractivity (Wildman–Crippen MR) is 61.0 cm³/mol. The van der Waals surface area contributed by atoms with Gasteiger partial charge >= 0.3 is 0 Å². The van der Waals surface area contributed by atoms with Gasteiger partial charge in [0.25, 0.3) is 0 Å². The molecule has 0 bridgehead atoms. The van der Waals surface area contributed by atoms with Crippen LogP contribution in [0.25, 0.3) is 0 Å². The van der Waals surface area contributed by atoms with Gasteiger partial charge in [-0.1, -0.05) is 30.2 Å². The summed E-state index contributed by atoms with van der Waals surface area (Å²) in [5.74, 6) is 5.88. The molecule has 14 heavy (non-hydrogen) atoms. The first-order chi connectivity index (χ1) is 6.75. The summed E-state index contributed by atoms with van der Waals surface area (Å²) in [5, 5.41) is 3.37. The van der Waals surface area contributed by atoms with Gasteiger partial charge in [0.15, 0.2) is 0 Å². The van der Waals surface area contributed by atoms with E-state index >= 15 is 0 Å². The minimum Gasteiger partial charge on any atom is -0.300 e. The predicted octanol–water partition coefficient (Wildman–Crippen LogP) is 2.67. The molecule has 1 aromatic carbocycles. The van der Waals surface area contributed by atoms with Crippen LogP contribution in [0.15, 0.2) is 24.3 Å². The van der Waals surface area contributed by atoms with Gasteiger partial charge in [-0.2, -0.15) is 0 Å². The summed E-state index contributed by atoms with van der Waals surface area (Å²) < 4.78 is 0. The van der Waals surface area contributed by atoms with Crippen molar-refractivity contribution in [2.75, 3.05) is 6.54 Å². The molecular weight excluding hydrogens is 170 g/mol. The Hall–Kier alpha value is -1.26. The highest BCUT2D eigenvalue weighted by atomic mass is 14.9. The smallest absolute Gasteiger partial charge is 0.0581 e. The first-order valence-electron chi connectivity index (χ1n) is 4.94. The average Bonchev–Trinajstić information content (AvgIpc) is 2.18. The first kappa shape index (κ1) is 10.8. The van der Waals surface area contributed by atoms with Crippen molar-refractivity contribution in [3.8, 4) is 11.8 Å². The van der Waals surface area contributed by atoms with Crippen molar-refractivity contribution >= 4 is 0 Å². The Balaban J connectivity index is 2.63. The van der Waals surface area contributed by atoms with Crippen LogP contribution < -0.4 is 5.32 Å². The molecule has 74 valence electrons. The van der Waals surface area contributed by atoms with Crippen LogP contribution >= 0.6 is 0 Å². The van der Waals surface area contributed by atoms with Crippen LogP contribution in [-0.4, -0.2) is 6.54 Å². The van der Waals surface area contributed by atoms with E-state index in [-0.39, 0.29) is 0 Å². The molecule has 0 heterocycles. The number of nitrogens with one attached hydrogen (secondary N) is 1. The molecule has 0 radical (unpaired) electrons. The summed E-state index contributed by atoms with van der Waals surface area (Å²) in [6.07, 6.45) is 0. The maximum Gasteiger partial charge on any atom is 0.0581 e. The SMILES string of the molecule is CC#CCN[C@H](C)c1ccccc1C. The van der Waals surface area contributed by atoms with Crippen LogP contribution in [0.4, 0.5) is 0 Å². The molecule has 1 N–H and O–H groups in total. The number of rotatable bonds is 3. The van der Waals surface area contributed by atoms with Gasteiger partial charge in [0.05, 0.1) is 6.54 Å². The molecule has 0 fully saturated rings. The molecular formula is C13H17N. The molecule has 0 amide bonds. The summed E-state index contributed by atoms with van der Waals surface area (Å²) >= 11 is 0. The molecule has 1 rings (SSSR count). The Morgan fingerprint density at radius 2 is 2.07 bits per heavy atom. The molecule has 0 aromatic heterocycles. The van der Waals surface area contributed by atoms with E-state index in [1.54, 1.807) is 0 Å². The van der Waals surface area contributed by atoms with E-state index in [2.05, 4.69) is 55.3 Å². The van der Waals surface area contributed by atoms with Crippen molar-refractivity contribution in [1.82, 2.24) is 5.32 Å². The summed E-state index contributed by atoms with van der Waals surface area (Å²) in [5.41, 5.74) is 2.68. The van der Waals surface area contributed by atoms with Crippen molar-refractivity contribution in [3.63, 3.8) is 0 Å². The van der Waals surface area contributed by atoms with Crippen LogP contribution in [0, 0.1) is 18.8 Å². The zero-order valence-corrected chi connectivity index (χ0v) is 9.09. The van der Waals surface area contributed by atoms with Gasteiger partial charge < -0.3 is 0 Å². The standard InChI is InChI=1S/C13H17N/c1-4-5-10-14-12(3)13-9-7-6-8-11(13)2/h6-9,12,14H,10H2,1-3H3/t12-/m1/s1. The Bertz CT molecular complexity index is 344. The largest absolute Gasteiger partial charge is 0.300 e. The highest BCUT2D eigenvalue weighted by Gasteiger charge is 2.05. The lowest BCUT2D eigenvalue weighted by Crippen LogP contribution is -2.19. The van der Waals surface area contributed by atoms with E-state index in [1.807, 2.05) is 6.92 Å². The maximum absolute atomic E-state index is 3.37. The molecule has 0 unspecified atom stereocenters. The number of hydrogen-bond acceptors (Lipinski definition) is 1. The molecule has 0 saturated carbocycles. The molecule has 0 spiro atoms. The van der Waals surface area contributed by atoms with Crippen LogP contribution in [-0.2, 0) is 0 Å². The number of benzene rings is 1. The number of hydrogen-bond donors (Lipinski definition) is 1. The van der Waals surface area contributed by atoms with Crippen LogP contribution in [0.1, 0.15) is 31.0 Å². The second kappa shape index (κ2) is 5.47. The Morgan fingerprint density at radius 1 is 1.36 bits per heavy atom. The second-order valence-corrected chi connectivity index (χ2v) is 3.39. The van der Waals surface area contributed by atoms with Gasteiger partial charge in [-0.05, 0) is 31.9 Å². The molecule has 1 aromatic rings. The van der Waals surface area contributed by atoms with Gasteiger partial charge in [0.1, 0.15) is 0 Å². The fourth-order valence-corrected chi connectivity index (χ4v) is 1.48. The van der Waals surface area contributed by atoms with E-state index in [4.69, 9.17) is 0 Å². The van der Waals surface area contributed by atoms with E-state index in [0.717, 1.165) is 6.54 Å². The lowest BCUT2D eigenvalue weighted by Gasteiger charge is -2.14. The van der Waals surface area contributed by atoms with Crippen molar-refractivity contribution < 1.29 is 0 Å². The highest BCUT2D eigenvalue weighted by Crippen LogP contribution is 2.15. The van der Waals surface area contributed by atoms with Gasteiger partial charge in [-0.3, -0.25) is 5.32 Å². The van der Waals surface area contributed by atoms with Crippen LogP contribution in [0.2, 0.25) is 0 Å². The van der Waals surface area contributed by atoms with Crippen molar-refractivity contribution in [3.05, 3.63) is 35.4 Å². The molecule has 1 nitrogen and oxygen atoms in total. The third kappa shape index (κ3) is 2.90. The average molecular weight is 187 g/mol. The van der Waals surface area contributed by atoms with Crippen molar-refractivity contribution in [1.29, 1.82) is 0 Å². The molecule has 0 aliphatic carbocycles. The number of aryl methyl sites for hydroxylation is 1. The van der Waals surface area contributed by atoms with Crippen molar-refractivity contribution in [2.24, 2.45) is 0 Å². The summed E-state index contributed by atoms with van der Waals surface area (Å²) in [6, 6.07) is 8.81. The van der Waals surface area contributed by atoms with E-state index in [9.17, 15) is 0 Å². The topological polar surface area (TPSA) is 12.0 Å². The Morgan fingerprint density at radius 3 is 2.71 bits per heavy atom. The fourth-order valence-electron chi connectivity index (χ4n) is 1.48. The zero-order valence-electron chi connectivity index (χ0n) is 9.09. The second-order valence-electron chi connectivity index (χ2n) is 3.39. The Kier molecular flexibility index (Phi) is 4.22. The lowest BCUT2D eigenvalue weighted by atomic mass is 10.0. The molecule has 0 aliphatic rings. The molecule has 1 heteroatoms. The fraction of sp³-hybridized carbons (Fsp3) is 0.385. The van der Waals surface area contributed by atoms with Gasteiger partial charge in [0.2, 0.25) is 0 Å². The molecule has 1 atom stereocenters. The monoisotopic (exact) mass is 187 g/mol. The van der Waals surface area contributed by atoms with E-state index < -0.39 is 0 Å². The minimum absolute atomic E-state index is 0.372. The van der Waals surface area contributed by atoms with Crippen molar-refractivity contribution in [2.45, 2.75) is 26.8 Å². The van der Waals surface area contributed by atoms with Gasteiger partial charge in [-0.15, -0.1) is 5.92 Å². The molecule has 0 aliphatic heterocycles. The van der Waals surface area contributed by atoms with E-state index in [1.165, 1.54) is 11.1 Å². The normalized spacial score (nSPS) is 11.6. The van der Waals surface area contributed by atoms with E-state index in [0.29, 0.717) is 6.04 Å². The quantitative estimate of drug-likeness (QED) is 0.717.